The molecule has 0 unspecified atom stereocenters. The summed E-state index contributed by atoms with van der Waals surface area (Å²) in [6.07, 6.45) is -1.34. The van der Waals surface area contributed by atoms with Gasteiger partial charge in [0, 0.05) is 0 Å². The van der Waals surface area contributed by atoms with Crippen molar-refractivity contribution in [2.45, 2.75) is 6.92 Å². The van der Waals surface area contributed by atoms with Crippen LogP contribution in [0.4, 0.5) is 14.9 Å². The van der Waals surface area contributed by atoms with Gasteiger partial charge >= 0.3 is 6.09 Å². The molecule has 0 aliphatic rings. The Morgan fingerprint density at radius 2 is 2.23 bits per heavy atom. The van der Waals surface area contributed by atoms with Crippen molar-refractivity contribution in [2.75, 3.05) is 5.32 Å². The monoisotopic (exact) mass is 203 g/mol. The molecule has 70 valence electrons. The predicted molar refractivity (Wildman–Crippen MR) is 47.8 cm³/mol. The summed E-state index contributed by atoms with van der Waals surface area (Å²) in [6, 6.07) is 2.91. The number of hydrogen-bond donors (Lipinski definition) is 2. The number of carbonyl (C=O) groups is 1. The quantitative estimate of drug-likeness (QED) is 0.737. The Morgan fingerprint density at radius 1 is 1.62 bits per heavy atom. The lowest BCUT2D eigenvalue weighted by Gasteiger charge is -2.06. The number of rotatable bonds is 1. The Morgan fingerprint density at radius 3 is 2.77 bits per heavy atom. The number of halogens is 2. The fourth-order valence-corrected chi connectivity index (χ4v) is 1.07. The molecule has 0 bridgehead atoms. The van der Waals surface area contributed by atoms with Gasteiger partial charge in [0.05, 0.1) is 10.7 Å². The molecule has 0 fully saturated rings. The maximum atomic E-state index is 13.2. The standard InChI is InChI=1S/C8H7ClFNO2/c1-4-2-3-5(9)7(6(4)10)11-8(12)13/h2-3,11H,1H3,(H,12,13). The SMILES string of the molecule is Cc1ccc(Cl)c(NC(=O)O)c1F. The van der Waals surface area contributed by atoms with E-state index in [4.69, 9.17) is 16.7 Å². The van der Waals surface area contributed by atoms with Crippen molar-refractivity contribution >= 4 is 23.4 Å². The minimum Gasteiger partial charge on any atom is -0.465 e. The van der Waals surface area contributed by atoms with Gasteiger partial charge in [-0.15, -0.1) is 0 Å². The first kappa shape index (κ1) is 9.80. The van der Waals surface area contributed by atoms with Crippen LogP contribution in [0.3, 0.4) is 0 Å². The Bertz CT molecular complexity index is 354. The van der Waals surface area contributed by atoms with Gasteiger partial charge in [-0.05, 0) is 18.6 Å². The van der Waals surface area contributed by atoms with Gasteiger partial charge in [0.25, 0.3) is 0 Å². The average molecular weight is 204 g/mol. The smallest absolute Gasteiger partial charge is 0.409 e. The highest BCUT2D eigenvalue weighted by Crippen LogP contribution is 2.26. The van der Waals surface area contributed by atoms with Crippen molar-refractivity contribution in [1.82, 2.24) is 0 Å². The molecule has 0 aliphatic carbocycles. The number of amides is 1. The molecule has 3 nitrogen and oxygen atoms in total. The summed E-state index contributed by atoms with van der Waals surface area (Å²) in [4.78, 5) is 10.2. The van der Waals surface area contributed by atoms with Gasteiger partial charge in [-0.2, -0.15) is 0 Å². The van der Waals surface area contributed by atoms with Crippen molar-refractivity contribution in [3.63, 3.8) is 0 Å². The summed E-state index contributed by atoms with van der Waals surface area (Å²) in [6.45, 7) is 1.53. The second-order valence-corrected chi connectivity index (χ2v) is 2.89. The molecule has 1 amide bonds. The minimum absolute atomic E-state index is 0.0468. The molecule has 1 rings (SSSR count). The van der Waals surface area contributed by atoms with E-state index in [-0.39, 0.29) is 10.7 Å². The Balaban J connectivity index is 3.17. The predicted octanol–water partition coefficient (Wildman–Crippen LogP) is 2.88. The third kappa shape index (κ3) is 2.09. The summed E-state index contributed by atoms with van der Waals surface area (Å²) < 4.78 is 13.2. The second-order valence-electron chi connectivity index (χ2n) is 2.48. The third-order valence-corrected chi connectivity index (χ3v) is 1.83. The van der Waals surface area contributed by atoms with Crippen molar-refractivity contribution in [1.29, 1.82) is 0 Å². The zero-order valence-corrected chi connectivity index (χ0v) is 7.52. The van der Waals surface area contributed by atoms with Gasteiger partial charge in [0.1, 0.15) is 0 Å². The molecule has 13 heavy (non-hydrogen) atoms. The molecule has 5 heteroatoms. The lowest BCUT2D eigenvalue weighted by Crippen LogP contribution is -2.09. The Kier molecular flexibility index (Phi) is 2.72. The van der Waals surface area contributed by atoms with Crippen LogP contribution in [0.25, 0.3) is 0 Å². The van der Waals surface area contributed by atoms with Crippen LogP contribution >= 0.6 is 11.6 Å². The van der Waals surface area contributed by atoms with Gasteiger partial charge < -0.3 is 5.11 Å². The fraction of sp³-hybridized carbons (Fsp3) is 0.125. The van der Waals surface area contributed by atoms with Crippen molar-refractivity contribution in [3.05, 3.63) is 28.5 Å². The molecule has 0 atom stereocenters. The van der Waals surface area contributed by atoms with Crippen LogP contribution < -0.4 is 5.32 Å². The lowest BCUT2D eigenvalue weighted by atomic mass is 10.2. The Hall–Kier alpha value is -1.29. The topological polar surface area (TPSA) is 49.3 Å². The lowest BCUT2D eigenvalue weighted by molar-refractivity contribution is 0.209. The van der Waals surface area contributed by atoms with Crippen LogP contribution in [0.2, 0.25) is 5.02 Å². The molecule has 0 spiro atoms. The summed E-state index contributed by atoms with van der Waals surface area (Å²) in [5, 5.41) is 10.3. The third-order valence-electron chi connectivity index (χ3n) is 1.52. The molecular weight excluding hydrogens is 197 g/mol. The number of carboxylic acid groups (broad SMARTS) is 1. The Labute approximate surface area is 79.1 Å². The molecule has 0 heterocycles. The van der Waals surface area contributed by atoms with Gasteiger partial charge in [0.2, 0.25) is 0 Å². The van der Waals surface area contributed by atoms with E-state index in [0.717, 1.165) is 0 Å². The van der Waals surface area contributed by atoms with Crippen LogP contribution in [-0.4, -0.2) is 11.2 Å². The number of anilines is 1. The van der Waals surface area contributed by atoms with Gasteiger partial charge in [-0.1, -0.05) is 17.7 Å². The maximum absolute atomic E-state index is 13.2. The van der Waals surface area contributed by atoms with E-state index in [0.29, 0.717) is 5.56 Å². The molecule has 2 N–H and O–H groups in total. The zero-order chi connectivity index (χ0) is 10.0. The van der Waals surface area contributed by atoms with Crippen LogP contribution in [0.1, 0.15) is 5.56 Å². The van der Waals surface area contributed by atoms with Crippen LogP contribution in [0, 0.1) is 12.7 Å². The van der Waals surface area contributed by atoms with Crippen LogP contribution in [-0.2, 0) is 0 Å². The molecular formula is C8H7ClFNO2. The summed E-state index contributed by atoms with van der Waals surface area (Å²) in [5.41, 5.74) is 0.141. The van der Waals surface area contributed by atoms with E-state index in [1.807, 2.05) is 5.32 Å². The largest absolute Gasteiger partial charge is 0.465 e. The molecule has 0 aliphatic heterocycles. The number of hydrogen-bond acceptors (Lipinski definition) is 1. The van der Waals surface area contributed by atoms with E-state index in [2.05, 4.69) is 0 Å². The highest BCUT2D eigenvalue weighted by atomic mass is 35.5. The molecule has 0 saturated carbocycles. The van der Waals surface area contributed by atoms with Crippen LogP contribution in [0.15, 0.2) is 12.1 Å². The first-order valence-electron chi connectivity index (χ1n) is 3.47. The van der Waals surface area contributed by atoms with Gasteiger partial charge in [-0.3, -0.25) is 5.32 Å². The van der Waals surface area contributed by atoms with E-state index in [1.54, 1.807) is 0 Å². The average Bonchev–Trinajstić information content (AvgIpc) is 2.05. The maximum Gasteiger partial charge on any atom is 0.409 e. The van der Waals surface area contributed by atoms with E-state index in [1.165, 1.54) is 19.1 Å². The fourth-order valence-electron chi connectivity index (χ4n) is 0.878. The first-order valence-corrected chi connectivity index (χ1v) is 3.84. The van der Waals surface area contributed by atoms with Gasteiger partial charge in [-0.25, -0.2) is 9.18 Å². The number of nitrogens with one attached hydrogen (secondary N) is 1. The second kappa shape index (κ2) is 3.62. The number of benzene rings is 1. The van der Waals surface area contributed by atoms with E-state index in [9.17, 15) is 9.18 Å². The summed E-state index contributed by atoms with van der Waals surface area (Å²) in [5.74, 6) is -0.644. The molecule has 1 aromatic rings. The summed E-state index contributed by atoms with van der Waals surface area (Å²) in [7, 11) is 0. The summed E-state index contributed by atoms with van der Waals surface area (Å²) >= 11 is 5.58. The van der Waals surface area contributed by atoms with E-state index < -0.39 is 11.9 Å². The van der Waals surface area contributed by atoms with Crippen molar-refractivity contribution in [2.24, 2.45) is 0 Å². The van der Waals surface area contributed by atoms with Crippen LogP contribution in [0.5, 0.6) is 0 Å². The zero-order valence-electron chi connectivity index (χ0n) is 6.77. The molecule has 0 saturated heterocycles. The normalized spacial score (nSPS) is 9.77. The van der Waals surface area contributed by atoms with Crippen molar-refractivity contribution in [3.8, 4) is 0 Å². The first-order chi connectivity index (χ1) is 6.02. The highest BCUT2D eigenvalue weighted by molar-refractivity contribution is 6.33. The molecule has 0 radical (unpaired) electrons. The number of aryl methyl sites for hydroxylation is 1. The molecule has 0 aromatic heterocycles. The highest BCUT2D eigenvalue weighted by Gasteiger charge is 2.11. The van der Waals surface area contributed by atoms with E-state index >= 15 is 0 Å². The molecule has 1 aromatic carbocycles. The van der Waals surface area contributed by atoms with Gasteiger partial charge in [0.15, 0.2) is 5.82 Å². The van der Waals surface area contributed by atoms with Crippen molar-refractivity contribution < 1.29 is 14.3 Å². The minimum atomic E-state index is -1.34.